The van der Waals surface area contributed by atoms with Crippen LogP contribution in [0.25, 0.3) is 0 Å². The molecule has 0 aromatic heterocycles. The molecule has 0 amide bonds. The van der Waals surface area contributed by atoms with Crippen molar-refractivity contribution in [3.8, 4) is 11.5 Å². The molecule has 0 bridgehead atoms. The summed E-state index contributed by atoms with van der Waals surface area (Å²) in [5.74, 6) is -0.260. The lowest BCUT2D eigenvalue weighted by molar-refractivity contribution is -0.142. The van der Waals surface area contributed by atoms with E-state index >= 15 is 0 Å². The Labute approximate surface area is 144 Å². The van der Waals surface area contributed by atoms with Crippen molar-refractivity contribution in [2.45, 2.75) is 25.9 Å². The highest BCUT2D eigenvalue weighted by Crippen LogP contribution is 2.37. The predicted molar refractivity (Wildman–Crippen MR) is 78.5 cm³/mol. The third kappa shape index (κ3) is 5.14. The second-order valence-corrected chi connectivity index (χ2v) is 5.22. The Balaban J connectivity index is 2.23. The first-order chi connectivity index (χ1) is 12.0. The Hall–Kier alpha value is -2.71. The van der Waals surface area contributed by atoms with Gasteiger partial charge in [0.15, 0.2) is 0 Å². The van der Waals surface area contributed by atoms with Gasteiger partial charge >= 0.3 is 18.3 Å². The monoisotopic (exact) mass is 378 g/mol. The summed E-state index contributed by atoms with van der Waals surface area (Å²) in [4.78, 5) is 10.8. The average Bonchev–Trinajstić information content (AvgIpc) is 2.51. The molecule has 0 radical (unpaired) electrons. The van der Waals surface area contributed by atoms with Crippen molar-refractivity contribution >= 4 is 5.97 Å². The Bertz CT molecular complexity index is 779. The summed E-state index contributed by atoms with van der Waals surface area (Å²) in [5.41, 5.74) is -3.05. The Morgan fingerprint density at radius 1 is 0.885 bits per heavy atom. The molecule has 0 heterocycles. The summed E-state index contributed by atoms with van der Waals surface area (Å²) < 4.78 is 87.1. The van der Waals surface area contributed by atoms with Gasteiger partial charge in [-0.1, -0.05) is 0 Å². The molecule has 0 fully saturated rings. The maximum Gasteiger partial charge on any atom is 0.416 e. The minimum Gasteiger partial charge on any atom is -0.489 e. The normalized spacial score (nSPS) is 12.0. The lowest BCUT2D eigenvalue weighted by Crippen LogP contribution is -2.14. The number of carbonyl (C=O) groups excluding carboxylic acids is 1. The molecule has 9 heteroatoms. The molecule has 3 nitrogen and oxygen atoms in total. The van der Waals surface area contributed by atoms with Crippen LogP contribution in [-0.2, 0) is 23.8 Å². The molecule has 0 atom stereocenters. The van der Waals surface area contributed by atoms with Crippen LogP contribution in [-0.4, -0.2) is 5.97 Å². The standard InChI is InChI=1S/C17H12F6O3/c1-10(24)26-14-5-3-13(4-6-14)25-9-11-8-12(16(18,19)20)2-7-15(11)17(21,22)23/h2-8H,9H2,1H3. The molecular weight excluding hydrogens is 366 g/mol. The number of esters is 1. The number of hydrogen-bond donors (Lipinski definition) is 0. The molecule has 26 heavy (non-hydrogen) atoms. The minimum absolute atomic E-state index is 0.103. The summed E-state index contributed by atoms with van der Waals surface area (Å²) in [7, 11) is 0. The number of carbonyl (C=O) groups is 1. The first-order valence-electron chi connectivity index (χ1n) is 7.15. The summed E-state index contributed by atoms with van der Waals surface area (Å²) in [5, 5.41) is 0. The maximum atomic E-state index is 13.0. The molecule has 140 valence electrons. The molecule has 2 aromatic rings. The molecule has 2 aromatic carbocycles. The van der Waals surface area contributed by atoms with Gasteiger partial charge in [0.05, 0.1) is 11.1 Å². The van der Waals surface area contributed by atoms with Crippen molar-refractivity contribution < 1.29 is 40.6 Å². The fourth-order valence-electron chi connectivity index (χ4n) is 2.10. The largest absolute Gasteiger partial charge is 0.489 e. The van der Waals surface area contributed by atoms with Gasteiger partial charge in [-0.3, -0.25) is 4.79 Å². The quantitative estimate of drug-likeness (QED) is 0.415. The van der Waals surface area contributed by atoms with Crippen molar-refractivity contribution in [1.29, 1.82) is 0 Å². The first kappa shape index (κ1) is 19.6. The number of alkyl halides is 6. The van der Waals surface area contributed by atoms with Crippen molar-refractivity contribution in [2.24, 2.45) is 0 Å². The van der Waals surface area contributed by atoms with Crippen LogP contribution >= 0.6 is 0 Å². The van der Waals surface area contributed by atoms with Gasteiger partial charge in [-0.25, -0.2) is 0 Å². The van der Waals surface area contributed by atoms with Crippen molar-refractivity contribution in [3.05, 3.63) is 59.2 Å². The number of rotatable bonds is 4. The zero-order valence-electron chi connectivity index (χ0n) is 13.2. The Morgan fingerprint density at radius 3 is 1.96 bits per heavy atom. The summed E-state index contributed by atoms with van der Waals surface area (Å²) in [6, 6.07) is 6.49. The van der Waals surface area contributed by atoms with E-state index in [0.717, 1.165) is 0 Å². The first-order valence-corrected chi connectivity index (χ1v) is 7.15. The minimum atomic E-state index is -4.82. The molecule has 0 aliphatic rings. The topological polar surface area (TPSA) is 35.5 Å². The van der Waals surface area contributed by atoms with Gasteiger partial charge in [0.2, 0.25) is 0 Å². The molecular formula is C17H12F6O3. The average molecular weight is 378 g/mol. The van der Waals surface area contributed by atoms with Crippen LogP contribution < -0.4 is 9.47 Å². The molecule has 0 saturated heterocycles. The van der Waals surface area contributed by atoms with Crippen molar-refractivity contribution in [3.63, 3.8) is 0 Å². The van der Waals surface area contributed by atoms with Gasteiger partial charge in [-0.2, -0.15) is 26.3 Å². The zero-order chi connectivity index (χ0) is 19.5. The number of halogens is 6. The second kappa shape index (κ2) is 7.27. The van der Waals surface area contributed by atoms with E-state index < -0.39 is 41.6 Å². The van der Waals surface area contributed by atoms with Crippen LogP contribution in [0, 0.1) is 0 Å². The van der Waals surface area contributed by atoms with Gasteiger partial charge in [-0.05, 0) is 42.5 Å². The van der Waals surface area contributed by atoms with Gasteiger partial charge in [-0.15, -0.1) is 0 Å². The molecule has 0 unspecified atom stereocenters. The summed E-state index contributed by atoms with van der Waals surface area (Å²) in [6.45, 7) is 0.475. The van der Waals surface area contributed by atoms with E-state index in [2.05, 4.69) is 0 Å². The smallest absolute Gasteiger partial charge is 0.416 e. The Morgan fingerprint density at radius 2 is 1.46 bits per heavy atom. The third-order valence-electron chi connectivity index (χ3n) is 3.22. The molecule has 2 rings (SSSR count). The highest BCUT2D eigenvalue weighted by atomic mass is 19.4. The molecule has 0 aliphatic carbocycles. The highest BCUT2D eigenvalue weighted by molar-refractivity contribution is 5.69. The fourth-order valence-corrected chi connectivity index (χ4v) is 2.10. The van der Waals surface area contributed by atoms with E-state index in [4.69, 9.17) is 9.47 Å². The van der Waals surface area contributed by atoms with Crippen LogP contribution in [0.15, 0.2) is 42.5 Å². The van der Waals surface area contributed by atoms with Crippen LogP contribution in [0.4, 0.5) is 26.3 Å². The molecule has 0 aliphatic heterocycles. The molecule has 0 saturated carbocycles. The van der Waals surface area contributed by atoms with Crippen molar-refractivity contribution in [2.75, 3.05) is 0 Å². The summed E-state index contributed by atoms with van der Waals surface area (Å²) >= 11 is 0. The van der Waals surface area contributed by atoms with E-state index in [0.29, 0.717) is 18.2 Å². The van der Waals surface area contributed by atoms with E-state index in [1.165, 1.54) is 31.2 Å². The number of ether oxygens (including phenoxy) is 2. The highest BCUT2D eigenvalue weighted by Gasteiger charge is 2.37. The molecule has 0 spiro atoms. The van der Waals surface area contributed by atoms with E-state index in [-0.39, 0.29) is 11.5 Å². The van der Waals surface area contributed by atoms with Crippen LogP contribution in [0.3, 0.4) is 0 Å². The predicted octanol–water partition coefficient (Wildman–Crippen LogP) is 5.23. The van der Waals surface area contributed by atoms with E-state index in [1.807, 2.05) is 0 Å². The lowest BCUT2D eigenvalue weighted by atomic mass is 10.0. The lowest BCUT2D eigenvalue weighted by Gasteiger charge is -2.16. The van der Waals surface area contributed by atoms with Crippen molar-refractivity contribution in [1.82, 2.24) is 0 Å². The van der Waals surface area contributed by atoms with Crippen LogP contribution in [0.5, 0.6) is 11.5 Å². The number of benzene rings is 2. The zero-order valence-corrected chi connectivity index (χ0v) is 13.2. The number of hydrogen-bond acceptors (Lipinski definition) is 3. The van der Waals surface area contributed by atoms with Crippen LogP contribution in [0.2, 0.25) is 0 Å². The Kier molecular flexibility index (Phi) is 5.48. The molecule has 0 N–H and O–H groups in total. The maximum absolute atomic E-state index is 13.0. The fraction of sp³-hybridized carbons (Fsp3) is 0.235. The third-order valence-corrected chi connectivity index (χ3v) is 3.22. The van der Waals surface area contributed by atoms with Gasteiger partial charge in [0.25, 0.3) is 0 Å². The van der Waals surface area contributed by atoms with Crippen LogP contribution in [0.1, 0.15) is 23.6 Å². The van der Waals surface area contributed by atoms with Gasteiger partial charge in [0.1, 0.15) is 18.1 Å². The van der Waals surface area contributed by atoms with E-state index in [9.17, 15) is 31.1 Å². The van der Waals surface area contributed by atoms with Gasteiger partial charge < -0.3 is 9.47 Å². The van der Waals surface area contributed by atoms with E-state index in [1.54, 1.807) is 0 Å². The van der Waals surface area contributed by atoms with Gasteiger partial charge in [0, 0.05) is 12.5 Å². The summed E-state index contributed by atoms with van der Waals surface area (Å²) in [6.07, 6.45) is -9.59. The SMILES string of the molecule is CC(=O)Oc1ccc(OCc2cc(C(F)(F)F)ccc2C(F)(F)F)cc1. The second-order valence-electron chi connectivity index (χ2n) is 5.22.